The number of nitrogens with two attached hydrogens (primary N) is 1. The first kappa shape index (κ1) is 14.4. The number of carbonyl (C=O) groups excluding carboxylic acids is 1. The van der Waals surface area contributed by atoms with Gasteiger partial charge in [-0.1, -0.05) is 13.8 Å². The maximum Gasteiger partial charge on any atom is 0.217 e. The third-order valence-electron chi connectivity index (χ3n) is 1.90. The minimum Gasteiger partial charge on any atom is -0.380 e. The lowest BCUT2D eigenvalue weighted by molar-refractivity contribution is -0.118. The van der Waals surface area contributed by atoms with E-state index in [2.05, 4.69) is 19.2 Å². The number of nitrogens with one attached hydrogen (secondary N) is 1. The highest BCUT2D eigenvalue weighted by molar-refractivity contribution is 5.73. The van der Waals surface area contributed by atoms with Crippen LogP contribution in [0.15, 0.2) is 0 Å². The highest BCUT2D eigenvalue weighted by Gasteiger charge is 1.95. The van der Waals surface area contributed by atoms with Crippen LogP contribution in [0.3, 0.4) is 0 Å². The summed E-state index contributed by atoms with van der Waals surface area (Å²) in [6.07, 6.45) is 2.35. The van der Waals surface area contributed by atoms with Gasteiger partial charge >= 0.3 is 0 Å². The standard InChI is InChI=1S/C11H24N2O2/c1-10(2)9-15-8-7-13-6-4-3-5-11(12)14/h10,13H,3-9H2,1-2H3,(H2,12,14). The Balaban J connectivity index is 2.96. The summed E-state index contributed by atoms with van der Waals surface area (Å²) in [5.41, 5.74) is 5.02. The van der Waals surface area contributed by atoms with Crippen molar-refractivity contribution in [1.82, 2.24) is 5.32 Å². The molecule has 0 aliphatic heterocycles. The number of ether oxygens (including phenoxy) is 1. The normalized spacial score (nSPS) is 10.9. The number of amides is 1. The molecule has 0 saturated carbocycles. The van der Waals surface area contributed by atoms with Crippen LogP contribution in [0, 0.1) is 5.92 Å². The smallest absolute Gasteiger partial charge is 0.217 e. The topological polar surface area (TPSA) is 64.3 Å². The van der Waals surface area contributed by atoms with Crippen LogP contribution in [0.2, 0.25) is 0 Å². The van der Waals surface area contributed by atoms with Crippen LogP contribution >= 0.6 is 0 Å². The Morgan fingerprint density at radius 3 is 2.67 bits per heavy atom. The second-order valence-corrected chi connectivity index (χ2v) is 4.14. The molecule has 0 atom stereocenters. The zero-order valence-electron chi connectivity index (χ0n) is 9.92. The lowest BCUT2D eigenvalue weighted by Crippen LogP contribution is -2.22. The second kappa shape index (κ2) is 9.93. The minimum atomic E-state index is -0.213. The molecule has 0 aromatic heterocycles. The summed E-state index contributed by atoms with van der Waals surface area (Å²) in [6.45, 7) is 7.66. The Morgan fingerprint density at radius 2 is 2.07 bits per heavy atom. The first-order valence-corrected chi connectivity index (χ1v) is 5.69. The third-order valence-corrected chi connectivity index (χ3v) is 1.90. The van der Waals surface area contributed by atoms with Gasteiger partial charge in [0, 0.05) is 19.6 Å². The van der Waals surface area contributed by atoms with Gasteiger partial charge in [-0.25, -0.2) is 0 Å². The molecular weight excluding hydrogens is 192 g/mol. The van der Waals surface area contributed by atoms with E-state index in [1.54, 1.807) is 0 Å². The Hall–Kier alpha value is -0.610. The van der Waals surface area contributed by atoms with Crippen LogP contribution in [-0.2, 0) is 9.53 Å². The van der Waals surface area contributed by atoms with Gasteiger partial charge < -0.3 is 15.8 Å². The highest BCUT2D eigenvalue weighted by atomic mass is 16.5. The van der Waals surface area contributed by atoms with Crippen molar-refractivity contribution in [3.8, 4) is 0 Å². The molecule has 0 saturated heterocycles. The third kappa shape index (κ3) is 13.4. The lowest BCUT2D eigenvalue weighted by atomic mass is 10.2. The van der Waals surface area contributed by atoms with Gasteiger partial charge in [0.2, 0.25) is 5.91 Å². The highest BCUT2D eigenvalue weighted by Crippen LogP contribution is 1.93. The van der Waals surface area contributed by atoms with Crippen LogP contribution < -0.4 is 11.1 Å². The van der Waals surface area contributed by atoms with Gasteiger partial charge in [0.15, 0.2) is 0 Å². The fourth-order valence-corrected chi connectivity index (χ4v) is 1.14. The molecule has 15 heavy (non-hydrogen) atoms. The number of unbranched alkanes of at least 4 members (excludes halogenated alkanes) is 1. The summed E-state index contributed by atoms with van der Waals surface area (Å²) in [6, 6.07) is 0. The van der Waals surface area contributed by atoms with Gasteiger partial charge in [-0.15, -0.1) is 0 Å². The van der Waals surface area contributed by atoms with Gasteiger partial charge in [-0.3, -0.25) is 4.79 Å². The fourth-order valence-electron chi connectivity index (χ4n) is 1.14. The fraction of sp³-hybridized carbons (Fsp3) is 0.909. The van der Waals surface area contributed by atoms with E-state index in [1.807, 2.05) is 0 Å². The van der Waals surface area contributed by atoms with E-state index in [1.165, 1.54) is 0 Å². The second-order valence-electron chi connectivity index (χ2n) is 4.14. The molecule has 0 heterocycles. The van der Waals surface area contributed by atoms with Crippen molar-refractivity contribution in [3.05, 3.63) is 0 Å². The van der Waals surface area contributed by atoms with Crippen LogP contribution in [0.4, 0.5) is 0 Å². The first-order valence-electron chi connectivity index (χ1n) is 5.69. The van der Waals surface area contributed by atoms with E-state index in [0.29, 0.717) is 12.3 Å². The van der Waals surface area contributed by atoms with E-state index in [0.717, 1.165) is 39.1 Å². The van der Waals surface area contributed by atoms with Crippen molar-refractivity contribution in [2.75, 3.05) is 26.3 Å². The molecule has 90 valence electrons. The monoisotopic (exact) mass is 216 g/mol. The zero-order chi connectivity index (χ0) is 11.5. The van der Waals surface area contributed by atoms with E-state index in [9.17, 15) is 4.79 Å². The average molecular weight is 216 g/mol. The average Bonchev–Trinajstić information content (AvgIpc) is 2.14. The van der Waals surface area contributed by atoms with Gasteiger partial charge in [0.05, 0.1) is 6.61 Å². The summed E-state index contributed by atoms with van der Waals surface area (Å²) in [4.78, 5) is 10.4. The van der Waals surface area contributed by atoms with Crippen LogP contribution in [0.25, 0.3) is 0 Å². The molecule has 0 fully saturated rings. The molecule has 0 aliphatic carbocycles. The molecule has 1 amide bonds. The van der Waals surface area contributed by atoms with E-state index in [-0.39, 0.29) is 5.91 Å². The number of primary amides is 1. The molecule has 0 radical (unpaired) electrons. The Morgan fingerprint density at radius 1 is 1.33 bits per heavy atom. The predicted molar refractivity (Wildman–Crippen MR) is 61.6 cm³/mol. The Labute approximate surface area is 92.6 Å². The molecule has 3 N–H and O–H groups in total. The van der Waals surface area contributed by atoms with Gasteiger partial charge in [-0.2, -0.15) is 0 Å². The minimum absolute atomic E-state index is 0.213. The molecule has 4 nitrogen and oxygen atoms in total. The van der Waals surface area contributed by atoms with Crippen molar-refractivity contribution in [2.24, 2.45) is 11.7 Å². The summed E-state index contributed by atoms with van der Waals surface area (Å²) < 4.78 is 5.40. The molecule has 0 aromatic rings. The molecule has 0 aromatic carbocycles. The quantitative estimate of drug-likeness (QED) is 0.533. The predicted octanol–water partition coefficient (Wildman–Crippen LogP) is 0.904. The number of carbonyl (C=O) groups is 1. The number of hydrogen-bond donors (Lipinski definition) is 2. The SMILES string of the molecule is CC(C)COCCNCCCCC(N)=O. The van der Waals surface area contributed by atoms with E-state index in [4.69, 9.17) is 10.5 Å². The zero-order valence-corrected chi connectivity index (χ0v) is 9.92. The Kier molecular flexibility index (Phi) is 9.52. The van der Waals surface area contributed by atoms with Crippen molar-refractivity contribution < 1.29 is 9.53 Å². The molecule has 0 spiro atoms. The largest absolute Gasteiger partial charge is 0.380 e. The number of rotatable bonds is 10. The van der Waals surface area contributed by atoms with Crippen molar-refractivity contribution in [3.63, 3.8) is 0 Å². The van der Waals surface area contributed by atoms with Crippen LogP contribution in [0.5, 0.6) is 0 Å². The van der Waals surface area contributed by atoms with Crippen LogP contribution in [0.1, 0.15) is 33.1 Å². The van der Waals surface area contributed by atoms with Gasteiger partial charge in [-0.05, 0) is 25.3 Å². The molecular formula is C11H24N2O2. The summed E-state index contributed by atoms with van der Waals surface area (Å²) >= 11 is 0. The lowest BCUT2D eigenvalue weighted by Gasteiger charge is -2.07. The Bertz CT molecular complexity index is 161. The van der Waals surface area contributed by atoms with Crippen LogP contribution in [-0.4, -0.2) is 32.2 Å². The van der Waals surface area contributed by atoms with Crippen molar-refractivity contribution in [2.45, 2.75) is 33.1 Å². The van der Waals surface area contributed by atoms with Crippen molar-refractivity contribution in [1.29, 1.82) is 0 Å². The van der Waals surface area contributed by atoms with E-state index >= 15 is 0 Å². The maximum absolute atomic E-state index is 10.4. The summed E-state index contributed by atoms with van der Waals surface area (Å²) in [7, 11) is 0. The first-order chi connectivity index (χ1) is 7.13. The summed E-state index contributed by atoms with van der Waals surface area (Å²) in [5, 5.41) is 3.26. The molecule has 0 aliphatic rings. The maximum atomic E-state index is 10.4. The van der Waals surface area contributed by atoms with E-state index < -0.39 is 0 Å². The molecule has 0 rings (SSSR count). The number of hydrogen-bond acceptors (Lipinski definition) is 3. The summed E-state index contributed by atoms with van der Waals surface area (Å²) in [5.74, 6) is 0.385. The molecule has 0 unspecified atom stereocenters. The van der Waals surface area contributed by atoms with Crippen molar-refractivity contribution >= 4 is 5.91 Å². The van der Waals surface area contributed by atoms with Gasteiger partial charge in [0.1, 0.15) is 0 Å². The van der Waals surface area contributed by atoms with Gasteiger partial charge in [0.25, 0.3) is 0 Å². The molecule has 0 bridgehead atoms. The molecule has 4 heteroatoms.